The number of piperidine rings is 1. The molecule has 4 rings (SSSR count). The van der Waals surface area contributed by atoms with Gasteiger partial charge >= 0.3 is 0 Å². The molecular weight excluding hydrogens is 344 g/mol. The molecule has 0 unspecified atom stereocenters. The summed E-state index contributed by atoms with van der Waals surface area (Å²) in [7, 11) is 0. The monoisotopic (exact) mass is 366 g/mol. The fraction of sp³-hybridized carbons (Fsp3) is 0.318. The molecule has 0 bridgehead atoms. The van der Waals surface area contributed by atoms with Crippen LogP contribution in [-0.4, -0.2) is 29.1 Å². The zero-order valence-electron chi connectivity index (χ0n) is 15.0. The van der Waals surface area contributed by atoms with Gasteiger partial charge in [-0.15, -0.1) is 0 Å². The first kappa shape index (κ1) is 17.3. The second-order valence-corrected chi connectivity index (χ2v) is 7.38. The number of aryl methyl sites for hydroxylation is 1. The van der Waals surface area contributed by atoms with Crippen LogP contribution in [0.3, 0.4) is 0 Å². The van der Waals surface area contributed by atoms with Crippen molar-refractivity contribution in [2.45, 2.75) is 32.4 Å². The van der Waals surface area contributed by atoms with E-state index < -0.39 is 0 Å². The summed E-state index contributed by atoms with van der Waals surface area (Å²) in [5.41, 5.74) is 3.13. The third-order valence-electron chi connectivity index (χ3n) is 4.96. The van der Waals surface area contributed by atoms with Crippen LogP contribution in [0.5, 0.6) is 5.75 Å². The molecule has 1 saturated heterocycles. The highest BCUT2D eigenvalue weighted by atomic mass is 35.5. The first-order valence-corrected chi connectivity index (χ1v) is 9.55. The Morgan fingerprint density at radius 2 is 1.85 bits per heavy atom. The number of likely N-dealkylation sites (tertiary alicyclic amines) is 1. The maximum atomic E-state index is 6.38. The van der Waals surface area contributed by atoms with Crippen molar-refractivity contribution in [3.05, 3.63) is 70.9 Å². The van der Waals surface area contributed by atoms with Gasteiger partial charge in [0.1, 0.15) is 11.9 Å². The van der Waals surface area contributed by atoms with Gasteiger partial charge in [0, 0.05) is 36.8 Å². The van der Waals surface area contributed by atoms with E-state index in [1.54, 1.807) is 0 Å². The second kappa shape index (κ2) is 7.65. The van der Waals surface area contributed by atoms with E-state index in [4.69, 9.17) is 16.3 Å². The van der Waals surface area contributed by atoms with E-state index >= 15 is 0 Å². The van der Waals surface area contributed by atoms with E-state index in [-0.39, 0.29) is 6.10 Å². The third kappa shape index (κ3) is 3.84. The largest absolute Gasteiger partial charge is 0.490 e. The molecule has 0 aliphatic carbocycles. The fourth-order valence-electron chi connectivity index (χ4n) is 3.61. The molecule has 2 aromatic carbocycles. The van der Waals surface area contributed by atoms with Gasteiger partial charge in [0.25, 0.3) is 0 Å². The highest BCUT2D eigenvalue weighted by Gasteiger charge is 2.21. The van der Waals surface area contributed by atoms with E-state index in [1.165, 1.54) is 5.56 Å². The Bertz CT molecular complexity index is 889. The third-order valence-corrected chi connectivity index (χ3v) is 5.26. The lowest BCUT2D eigenvalue weighted by Crippen LogP contribution is -2.37. The summed E-state index contributed by atoms with van der Waals surface area (Å²) in [5.74, 6) is 0.900. The van der Waals surface area contributed by atoms with Crippen LogP contribution >= 0.6 is 11.6 Å². The molecule has 0 N–H and O–H groups in total. The highest BCUT2D eigenvalue weighted by Crippen LogP contribution is 2.31. The van der Waals surface area contributed by atoms with Gasteiger partial charge in [0.2, 0.25) is 0 Å². The Morgan fingerprint density at radius 1 is 1.08 bits per heavy atom. The predicted molar refractivity (Wildman–Crippen MR) is 107 cm³/mol. The number of hydrogen-bond donors (Lipinski definition) is 0. The smallest absolute Gasteiger partial charge is 0.130 e. The fourth-order valence-corrected chi connectivity index (χ4v) is 3.82. The van der Waals surface area contributed by atoms with Crippen molar-refractivity contribution in [2.75, 3.05) is 13.1 Å². The van der Waals surface area contributed by atoms with E-state index in [9.17, 15) is 0 Å². The molecule has 4 heteroatoms. The molecule has 2 heterocycles. The number of nitrogens with zero attached hydrogens (tertiary/aromatic N) is 2. The lowest BCUT2D eigenvalue weighted by molar-refractivity contribution is 0.0979. The first-order chi connectivity index (χ1) is 12.7. The minimum atomic E-state index is 0.242. The number of fused-ring (bicyclic) bond motifs is 1. The van der Waals surface area contributed by atoms with Crippen molar-refractivity contribution in [3.63, 3.8) is 0 Å². The molecule has 1 aromatic heterocycles. The Hall–Kier alpha value is -2.10. The van der Waals surface area contributed by atoms with Crippen molar-refractivity contribution in [1.29, 1.82) is 0 Å². The van der Waals surface area contributed by atoms with Gasteiger partial charge in [-0.2, -0.15) is 0 Å². The minimum Gasteiger partial charge on any atom is -0.490 e. The van der Waals surface area contributed by atoms with Crippen molar-refractivity contribution in [1.82, 2.24) is 9.88 Å². The number of halogens is 1. The van der Waals surface area contributed by atoms with Crippen LogP contribution in [0.1, 0.15) is 24.1 Å². The number of rotatable bonds is 4. The number of para-hydroxylation sites is 1. The summed E-state index contributed by atoms with van der Waals surface area (Å²) in [6.45, 7) is 5.11. The predicted octanol–water partition coefficient (Wildman–Crippen LogP) is 5.24. The zero-order valence-corrected chi connectivity index (χ0v) is 15.7. The quantitative estimate of drug-likeness (QED) is 0.631. The lowest BCUT2D eigenvalue weighted by Gasteiger charge is -2.32. The average molecular weight is 367 g/mol. The van der Waals surface area contributed by atoms with Gasteiger partial charge in [-0.3, -0.25) is 9.88 Å². The lowest BCUT2D eigenvalue weighted by atomic mass is 10.1. The van der Waals surface area contributed by atoms with Gasteiger partial charge in [0.15, 0.2) is 0 Å². The van der Waals surface area contributed by atoms with Crippen molar-refractivity contribution in [2.24, 2.45) is 0 Å². The Labute approximate surface area is 159 Å². The SMILES string of the molecule is Cc1cc(OC2CCN(Cc3ccccc3)CC2)c2cccc(Cl)c2n1. The van der Waals surface area contributed by atoms with Crippen LogP contribution in [0.2, 0.25) is 5.02 Å². The molecule has 0 atom stereocenters. The molecule has 0 saturated carbocycles. The van der Waals surface area contributed by atoms with Crippen LogP contribution in [0.15, 0.2) is 54.6 Å². The second-order valence-electron chi connectivity index (χ2n) is 6.98. The molecule has 0 amide bonds. The van der Waals surface area contributed by atoms with Gasteiger partial charge in [0.05, 0.1) is 10.5 Å². The highest BCUT2D eigenvalue weighted by molar-refractivity contribution is 6.35. The summed E-state index contributed by atoms with van der Waals surface area (Å²) < 4.78 is 6.38. The zero-order chi connectivity index (χ0) is 17.9. The number of aromatic nitrogens is 1. The number of ether oxygens (including phenoxy) is 1. The molecule has 26 heavy (non-hydrogen) atoms. The van der Waals surface area contributed by atoms with Crippen molar-refractivity contribution >= 4 is 22.5 Å². The van der Waals surface area contributed by atoms with Gasteiger partial charge < -0.3 is 4.74 Å². The maximum Gasteiger partial charge on any atom is 0.130 e. The van der Waals surface area contributed by atoms with Crippen LogP contribution in [-0.2, 0) is 6.54 Å². The van der Waals surface area contributed by atoms with Crippen LogP contribution in [0, 0.1) is 6.92 Å². The summed E-state index contributed by atoms with van der Waals surface area (Å²) >= 11 is 6.32. The Balaban J connectivity index is 1.43. The van der Waals surface area contributed by atoms with Crippen molar-refractivity contribution < 1.29 is 4.74 Å². The topological polar surface area (TPSA) is 25.4 Å². The molecule has 0 spiro atoms. The standard InChI is InChI=1S/C22H23ClN2O/c1-16-14-21(19-8-5-9-20(23)22(19)24-16)26-18-10-12-25(13-11-18)15-17-6-3-2-4-7-17/h2-9,14,18H,10-13,15H2,1H3. The van der Waals surface area contributed by atoms with E-state index in [1.807, 2.05) is 31.2 Å². The molecule has 0 radical (unpaired) electrons. The molecule has 134 valence electrons. The van der Waals surface area contributed by atoms with E-state index in [0.29, 0.717) is 5.02 Å². The minimum absolute atomic E-state index is 0.242. The maximum absolute atomic E-state index is 6.38. The van der Waals surface area contributed by atoms with E-state index in [0.717, 1.165) is 54.8 Å². The number of benzene rings is 2. The summed E-state index contributed by atoms with van der Waals surface area (Å²) in [6, 6.07) is 18.6. The van der Waals surface area contributed by atoms with Gasteiger partial charge in [-0.1, -0.05) is 48.0 Å². The van der Waals surface area contributed by atoms with Gasteiger partial charge in [-0.25, -0.2) is 0 Å². The van der Waals surface area contributed by atoms with Crippen LogP contribution in [0.4, 0.5) is 0 Å². The molecule has 1 fully saturated rings. The Morgan fingerprint density at radius 3 is 2.62 bits per heavy atom. The first-order valence-electron chi connectivity index (χ1n) is 9.18. The Kier molecular flexibility index (Phi) is 5.09. The van der Waals surface area contributed by atoms with Crippen LogP contribution in [0.25, 0.3) is 10.9 Å². The number of pyridine rings is 1. The normalized spacial score (nSPS) is 16.1. The van der Waals surface area contributed by atoms with Gasteiger partial charge in [-0.05, 0) is 37.5 Å². The van der Waals surface area contributed by atoms with Crippen molar-refractivity contribution in [3.8, 4) is 5.75 Å². The molecule has 3 nitrogen and oxygen atoms in total. The molecular formula is C22H23ClN2O. The van der Waals surface area contributed by atoms with E-state index in [2.05, 4.69) is 40.2 Å². The van der Waals surface area contributed by atoms with Crippen LogP contribution < -0.4 is 4.74 Å². The molecule has 1 aliphatic rings. The average Bonchev–Trinajstić information content (AvgIpc) is 2.65. The molecule has 1 aliphatic heterocycles. The summed E-state index contributed by atoms with van der Waals surface area (Å²) in [6.07, 6.45) is 2.32. The molecule has 3 aromatic rings. The summed E-state index contributed by atoms with van der Waals surface area (Å²) in [4.78, 5) is 7.07. The number of hydrogen-bond acceptors (Lipinski definition) is 3. The summed E-state index contributed by atoms with van der Waals surface area (Å²) in [5, 5.41) is 1.67.